The van der Waals surface area contributed by atoms with Crippen molar-refractivity contribution < 1.29 is 18.3 Å². The third kappa shape index (κ3) is 4.54. The number of hydrazone groups is 1. The molecule has 1 heterocycles. The summed E-state index contributed by atoms with van der Waals surface area (Å²) in [6.45, 7) is 0.249. The fourth-order valence-corrected chi connectivity index (χ4v) is 5.06. The van der Waals surface area contributed by atoms with Gasteiger partial charge in [0.05, 0.1) is 11.1 Å². The van der Waals surface area contributed by atoms with Crippen molar-refractivity contribution in [2.75, 3.05) is 6.54 Å². The van der Waals surface area contributed by atoms with E-state index in [9.17, 15) is 18.3 Å². The summed E-state index contributed by atoms with van der Waals surface area (Å²) in [6.07, 6.45) is 2.27. The standard InChI is InChI=1S/C18H17BrClN3O4S/c19-13-3-8-17(24)12(10-13)11-21-22-18(25)16-2-1-9-23(16)28(26,27)15-6-4-14(20)5-7-15/h3-8,10-11,16,24H,1-2,9H2,(H,22,25)/b21-11-/t16-/m1/s1. The number of benzene rings is 2. The molecule has 0 aliphatic carbocycles. The van der Waals surface area contributed by atoms with E-state index in [1.165, 1.54) is 40.9 Å². The molecule has 1 aliphatic rings. The summed E-state index contributed by atoms with van der Waals surface area (Å²) in [4.78, 5) is 12.6. The molecule has 7 nitrogen and oxygen atoms in total. The van der Waals surface area contributed by atoms with E-state index >= 15 is 0 Å². The van der Waals surface area contributed by atoms with Crippen LogP contribution in [0.15, 0.2) is 56.9 Å². The minimum atomic E-state index is -3.82. The Hall–Kier alpha value is -1.94. The molecule has 10 heteroatoms. The van der Waals surface area contributed by atoms with E-state index < -0.39 is 22.0 Å². The summed E-state index contributed by atoms with van der Waals surface area (Å²) in [5.74, 6) is -0.519. The monoisotopic (exact) mass is 485 g/mol. The molecule has 2 N–H and O–H groups in total. The first-order chi connectivity index (χ1) is 13.3. The highest BCUT2D eigenvalue weighted by Crippen LogP contribution is 2.27. The van der Waals surface area contributed by atoms with Gasteiger partial charge >= 0.3 is 0 Å². The Morgan fingerprint density at radius 2 is 2.00 bits per heavy atom. The number of phenolic OH excluding ortho intramolecular Hbond substituents is 1. The molecular formula is C18H17BrClN3O4S. The van der Waals surface area contributed by atoms with Crippen molar-refractivity contribution in [1.82, 2.24) is 9.73 Å². The van der Waals surface area contributed by atoms with Crippen LogP contribution in [0.2, 0.25) is 5.02 Å². The fourth-order valence-electron chi connectivity index (χ4n) is 2.90. The Bertz CT molecular complexity index is 1010. The highest BCUT2D eigenvalue weighted by molar-refractivity contribution is 9.10. The predicted octanol–water partition coefficient (Wildman–Crippen LogP) is 3.11. The number of phenols is 1. The van der Waals surface area contributed by atoms with Crippen molar-refractivity contribution in [2.24, 2.45) is 5.10 Å². The van der Waals surface area contributed by atoms with Crippen LogP contribution < -0.4 is 5.43 Å². The molecule has 0 saturated carbocycles. The molecule has 0 bridgehead atoms. The Balaban J connectivity index is 1.73. The minimum absolute atomic E-state index is 0.00834. The second-order valence-corrected chi connectivity index (χ2v) is 9.41. The van der Waals surface area contributed by atoms with Crippen LogP contribution in [0.4, 0.5) is 0 Å². The third-order valence-corrected chi connectivity index (χ3v) is 6.96. The SMILES string of the molecule is O=C(N/N=C\c1cc(Br)ccc1O)[C@H]1CCCN1S(=O)(=O)c1ccc(Cl)cc1. The molecule has 0 aromatic heterocycles. The Morgan fingerprint density at radius 1 is 1.29 bits per heavy atom. The number of carbonyl (C=O) groups excluding carboxylic acids is 1. The molecule has 1 amide bonds. The molecule has 2 aromatic carbocycles. The number of sulfonamides is 1. The van der Waals surface area contributed by atoms with Gasteiger partial charge in [-0.15, -0.1) is 0 Å². The molecule has 0 radical (unpaired) electrons. The first kappa shape index (κ1) is 20.8. The lowest BCUT2D eigenvalue weighted by Gasteiger charge is -2.22. The van der Waals surface area contributed by atoms with E-state index in [4.69, 9.17) is 11.6 Å². The van der Waals surface area contributed by atoms with Gasteiger partial charge in [-0.2, -0.15) is 9.41 Å². The number of nitrogens with zero attached hydrogens (tertiary/aromatic N) is 2. The van der Waals surface area contributed by atoms with Crippen molar-refractivity contribution in [3.05, 3.63) is 57.5 Å². The van der Waals surface area contributed by atoms with Gasteiger partial charge in [-0.3, -0.25) is 4.79 Å². The number of hydrogen-bond donors (Lipinski definition) is 2. The zero-order valence-corrected chi connectivity index (χ0v) is 17.7. The summed E-state index contributed by atoms with van der Waals surface area (Å²) >= 11 is 9.11. The lowest BCUT2D eigenvalue weighted by Crippen LogP contribution is -2.44. The summed E-state index contributed by atoms with van der Waals surface area (Å²) < 4.78 is 27.7. The number of halogens is 2. The molecule has 2 aromatic rings. The van der Waals surface area contributed by atoms with Gasteiger partial charge in [0.25, 0.3) is 5.91 Å². The predicted molar refractivity (Wildman–Crippen MR) is 110 cm³/mol. The molecule has 148 valence electrons. The number of amides is 1. The van der Waals surface area contributed by atoms with Crippen LogP contribution in [0.5, 0.6) is 5.75 Å². The maximum Gasteiger partial charge on any atom is 0.258 e. The Labute approximate surface area is 176 Å². The van der Waals surface area contributed by atoms with Gasteiger partial charge < -0.3 is 5.11 Å². The summed E-state index contributed by atoms with van der Waals surface area (Å²) in [7, 11) is -3.82. The van der Waals surface area contributed by atoms with Crippen LogP contribution in [0.25, 0.3) is 0 Å². The van der Waals surface area contributed by atoms with Crippen LogP contribution in [0, 0.1) is 0 Å². The topological polar surface area (TPSA) is 99.1 Å². The van der Waals surface area contributed by atoms with E-state index in [0.29, 0.717) is 23.4 Å². The first-order valence-electron chi connectivity index (χ1n) is 8.38. The van der Waals surface area contributed by atoms with Crippen molar-refractivity contribution >= 4 is 49.7 Å². The second-order valence-electron chi connectivity index (χ2n) is 6.17. The van der Waals surface area contributed by atoms with Crippen LogP contribution >= 0.6 is 27.5 Å². The van der Waals surface area contributed by atoms with Crippen LogP contribution in [-0.2, 0) is 14.8 Å². The van der Waals surface area contributed by atoms with E-state index in [0.717, 1.165) is 4.47 Å². The number of aromatic hydroxyl groups is 1. The maximum absolute atomic E-state index is 12.9. The van der Waals surface area contributed by atoms with Gasteiger partial charge in [0.2, 0.25) is 10.0 Å². The number of nitrogens with one attached hydrogen (secondary N) is 1. The lowest BCUT2D eigenvalue weighted by molar-refractivity contribution is -0.124. The zero-order chi connectivity index (χ0) is 20.3. The summed E-state index contributed by atoms with van der Waals surface area (Å²) in [5.41, 5.74) is 2.77. The zero-order valence-electron chi connectivity index (χ0n) is 14.5. The minimum Gasteiger partial charge on any atom is -0.507 e. The lowest BCUT2D eigenvalue weighted by atomic mass is 10.2. The van der Waals surface area contributed by atoms with Crippen LogP contribution in [0.3, 0.4) is 0 Å². The van der Waals surface area contributed by atoms with E-state index in [2.05, 4.69) is 26.5 Å². The van der Waals surface area contributed by atoms with Crippen molar-refractivity contribution in [1.29, 1.82) is 0 Å². The van der Waals surface area contributed by atoms with Gasteiger partial charge in [0, 0.05) is 21.6 Å². The molecule has 1 aliphatic heterocycles. The Morgan fingerprint density at radius 3 is 2.71 bits per heavy atom. The summed E-state index contributed by atoms with van der Waals surface area (Å²) in [5, 5.41) is 14.1. The molecule has 1 fully saturated rings. The highest BCUT2D eigenvalue weighted by Gasteiger charge is 2.39. The van der Waals surface area contributed by atoms with Gasteiger partial charge in [0.15, 0.2) is 0 Å². The van der Waals surface area contributed by atoms with Crippen molar-refractivity contribution in [3.8, 4) is 5.75 Å². The second kappa shape index (κ2) is 8.60. The molecule has 1 atom stereocenters. The van der Waals surface area contributed by atoms with E-state index in [1.54, 1.807) is 12.1 Å². The smallest absolute Gasteiger partial charge is 0.258 e. The van der Waals surface area contributed by atoms with E-state index in [1.807, 2.05) is 0 Å². The largest absolute Gasteiger partial charge is 0.507 e. The third-order valence-electron chi connectivity index (χ3n) is 4.29. The number of hydrogen-bond acceptors (Lipinski definition) is 5. The molecule has 1 saturated heterocycles. The van der Waals surface area contributed by atoms with Crippen LogP contribution in [0.1, 0.15) is 18.4 Å². The van der Waals surface area contributed by atoms with E-state index in [-0.39, 0.29) is 17.2 Å². The van der Waals surface area contributed by atoms with Gasteiger partial charge in [-0.05, 0) is 55.3 Å². The maximum atomic E-state index is 12.9. The number of carbonyl (C=O) groups is 1. The quantitative estimate of drug-likeness (QED) is 0.501. The Kier molecular flexibility index (Phi) is 6.39. The fraction of sp³-hybridized carbons (Fsp3) is 0.222. The van der Waals surface area contributed by atoms with Gasteiger partial charge in [-0.25, -0.2) is 13.8 Å². The molecule has 0 spiro atoms. The summed E-state index contributed by atoms with van der Waals surface area (Å²) in [6, 6.07) is 9.76. The normalized spacial score (nSPS) is 17.9. The van der Waals surface area contributed by atoms with Crippen molar-refractivity contribution in [2.45, 2.75) is 23.8 Å². The van der Waals surface area contributed by atoms with Crippen LogP contribution in [-0.4, -0.2) is 42.5 Å². The highest BCUT2D eigenvalue weighted by atomic mass is 79.9. The van der Waals surface area contributed by atoms with Crippen molar-refractivity contribution in [3.63, 3.8) is 0 Å². The average molecular weight is 487 g/mol. The molecule has 0 unspecified atom stereocenters. The first-order valence-corrected chi connectivity index (χ1v) is 11.0. The average Bonchev–Trinajstić information content (AvgIpc) is 3.16. The number of rotatable bonds is 5. The molecule has 28 heavy (non-hydrogen) atoms. The molecular weight excluding hydrogens is 470 g/mol. The van der Waals surface area contributed by atoms with Gasteiger partial charge in [-0.1, -0.05) is 27.5 Å². The molecule has 3 rings (SSSR count). The van der Waals surface area contributed by atoms with Gasteiger partial charge in [0.1, 0.15) is 11.8 Å².